The standard InChI is InChI=1S/C20H19F2N3O/c21-17-6-5-14(11-18(17)22)20(26)25-9-7-24(8-10-25)13-15-12-23-19-4-2-1-3-16(15)19/h1-6,11-12,23H,7-10,13H2. The Hall–Kier alpha value is -2.73. The Bertz CT molecular complexity index is 945. The molecule has 3 aromatic rings. The molecule has 0 bridgehead atoms. The normalized spacial score (nSPS) is 15.5. The second-order valence-electron chi connectivity index (χ2n) is 6.56. The van der Waals surface area contributed by atoms with Gasteiger partial charge in [-0.25, -0.2) is 8.78 Å². The van der Waals surface area contributed by atoms with Crippen molar-refractivity contribution >= 4 is 16.8 Å². The number of fused-ring (bicyclic) bond motifs is 1. The topological polar surface area (TPSA) is 39.3 Å². The highest BCUT2D eigenvalue weighted by molar-refractivity contribution is 5.94. The number of amides is 1. The molecule has 4 rings (SSSR count). The van der Waals surface area contributed by atoms with Gasteiger partial charge in [0, 0.05) is 55.4 Å². The molecule has 26 heavy (non-hydrogen) atoms. The highest BCUT2D eigenvalue weighted by Gasteiger charge is 2.23. The van der Waals surface area contributed by atoms with Crippen LogP contribution in [-0.2, 0) is 6.54 Å². The van der Waals surface area contributed by atoms with Crippen molar-refractivity contribution in [3.63, 3.8) is 0 Å². The number of hydrogen-bond donors (Lipinski definition) is 1. The summed E-state index contributed by atoms with van der Waals surface area (Å²) in [5.74, 6) is -2.19. The van der Waals surface area contributed by atoms with Gasteiger partial charge in [0.15, 0.2) is 11.6 Å². The molecule has 0 aliphatic carbocycles. The number of H-pyrrole nitrogens is 1. The molecule has 1 saturated heterocycles. The summed E-state index contributed by atoms with van der Waals surface area (Å²) in [6, 6.07) is 11.5. The van der Waals surface area contributed by atoms with Gasteiger partial charge < -0.3 is 9.88 Å². The van der Waals surface area contributed by atoms with Crippen LogP contribution < -0.4 is 0 Å². The summed E-state index contributed by atoms with van der Waals surface area (Å²) in [5, 5.41) is 1.22. The van der Waals surface area contributed by atoms with Crippen LogP contribution in [0.4, 0.5) is 8.78 Å². The van der Waals surface area contributed by atoms with E-state index in [0.717, 1.165) is 37.3 Å². The number of carbonyl (C=O) groups is 1. The zero-order chi connectivity index (χ0) is 18.1. The van der Waals surface area contributed by atoms with Crippen LogP contribution in [0.2, 0.25) is 0 Å². The third-order valence-electron chi connectivity index (χ3n) is 4.89. The molecule has 134 valence electrons. The molecule has 2 heterocycles. The molecule has 1 aliphatic heterocycles. The minimum absolute atomic E-state index is 0.189. The van der Waals surface area contributed by atoms with E-state index in [9.17, 15) is 13.6 Å². The summed E-state index contributed by atoms with van der Waals surface area (Å²) in [7, 11) is 0. The largest absolute Gasteiger partial charge is 0.361 e. The van der Waals surface area contributed by atoms with Gasteiger partial charge in [0.05, 0.1) is 0 Å². The second kappa shape index (κ2) is 6.88. The predicted octanol–water partition coefficient (Wildman–Crippen LogP) is 3.40. The number of nitrogens with zero attached hydrogens (tertiary/aromatic N) is 2. The van der Waals surface area contributed by atoms with Gasteiger partial charge in [-0.05, 0) is 29.8 Å². The SMILES string of the molecule is O=C(c1ccc(F)c(F)c1)N1CCN(Cc2c[nH]c3ccccc23)CC1. The number of nitrogens with one attached hydrogen (secondary N) is 1. The van der Waals surface area contributed by atoms with Crippen molar-refractivity contribution in [1.29, 1.82) is 0 Å². The highest BCUT2D eigenvalue weighted by atomic mass is 19.2. The Kier molecular flexibility index (Phi) is 4.42. The van der Waals surface area contributed by atoms with E-state index in [1.807, 2.05) is 18.3 Å². The Morgan fingerprint density at radius 1 is 1.00 bits per heavy atom. The first-order valence-electron chi connectivity index (χ1n) is 8.63. The molecule has 1 N–H and O–H groups in total. The lowest BCUT2D eigenvalue weighted by molar-refractivity contribution is 0.0628. The number of aromatic amines is 1. The van der Waals surface area contributed by atoms with Crippen LogP contribution in [0.25, 0.3) is 10.9 Å². The van der Waals surface area contributed by atoms with E-state index in [0.29, 0.717) is 13.1 Å². The molecule has 1 aliphatic rings. The lowest BCUT2D eigenvalue weighted by Crippen LogP contribution is -2.48. The van der Waals surface area contributed by atoms with Gasteiger partial charge >= 0.3 is 0 Å². The third kappa shape index (κ3) is 3.20. The molecule has 2 aromatic carbocycles. The highest BCUT2D eigenvalue weighted by Crippen LogP contribution is 2.20. The number of aromatic nitrogens is 1. The number of para-hydroxylation sites is 1. The van der Waals surface area contributed by atoms with E-state index in [1.54, 1.807) is 4.90 Å². The van der Waals surface area contributed by atoms with E-state index in [-0.39, 0.29) is 11.5 Å². The van der Waals surface area contributed by atoms with Crippen LogP contribution in [0.15, 0.2) is 48.7 Å². The molecular weight excluding hydrogens is 336 g/mol. The number of halogens is 2. The van der Waals surface area contributed by atoms with Gasteiger partial charge in [0.1, 0.15) is 0 Å². The first-order valence-corrected chi connectivity index (χ1v) is 8.63. The van der Waals surface area contributed by atoms with Crippen molar-refractivity contribution in [2.24, 2.45) is 0 Å². The summed E-state index contributed by atoms with van der Waals surface area (Å²) in [5.41, 5.74) is 2.55. The van der Waals surface area contributed by atoms with Crippen LogP contribution in [0, 0.1) is 11.6 Å². The summed E-state index contributed by atoms with van der Waals surface area (Å²) >= 11 is 0. The maximum Gasteiger partial charge on any atom is 0.254 e. The van der Waals surface area contributed by atoms with Gasteiger partial charge in [-0.1, -0.05) is 18.2 Å². The average molecular weight is 355 g/mol. The molecule has 0 spiro atoms. The van der Waals surface area contributed by atoms with Crippen LogP contribution in [0.5, 0.6) is 0 Å². The molecule has 1 aromatic heterocycles. The Morgan fingerprint density at radius 3 is 2.54 bits per heavy atom. The van der Waals surface area contributed by atoms with Gasteiger partial charge in [0.25, 0.3) is 5.91 Å². The number of benzene rings is 2. The monoisotopic (exact) mass is 355 g/mol. The van der Waals surface area contributed by atoms with Gasteiger partial charge in [-0.3, -0.25) is 9.69 Å². The molecule has 1 amide bonds. The average Bonchev–Trinajstić information content (AvgIpc) is 3.07. The first-order chi connectivity index (χ1) is 12.6. The van der Waals surface area contributed by atoms with Crippen molar-refractivity contribution in [3.8, 4) is 0 Å². The fourth-order valence-corrected chi connectivity index (χ4v) is 3.42. The van der Waals surface area contributed by atoms with E-state index >= 15 is 0 Å². The Balaban J connectivity index is 1.39. The summed E-state index contributed by atoms with van der Waals surface area (Å²) < 4.78 is 26.4. The summed E-state index contributed by atoms with van der Waals surface area (Å²) in [6.07, 6.45) is 2.03. The van der Waals surface area contributed by atoms with Crippen molar-refractivity contribution in [1.82, 2.24) is 14.8 Å². The molecular formula is C20H19F2N3O. The van der Waals surface area contributed by atoms with Gasteiger partial charge in [-0.2, -0.15) is 0 Å². The van der Waals surface area contributed by atoms with Crippen molar-refractivity contribution in [3.05, 3.63) is 71.4 Å². The fraction of sp³-hybridized carbons (Fsp3) is 0.250. The lowest BCUT2D eigenvalue weighted by atomic mass is 10.1. The Labute approximate surface area is 150 Å². The number of piperazine rings is 1. The minimum Gasteiger partial charge on any atom is -0.361 e. The second-order valence-corrected chi connectivity index (χ2v) is 6.56. The number of rotatable bonds is 3. The van der Waals surface area contributed by atoms with E-state index in [2.05, 4.69) is 22.0 Å². The van der Waals surface area contributed by atoms with Crippen molar-refractivity contribution in [2.75, 3.05) is 26.2 Å². The van der Waals surface area contributed by atoms with E-state index in [4.69, 9.17) is 0 Å². The van der Waals surface area contributed by atoms with Crippen LogP contribution in [-0.4, -0.2) is 46.9 Å². The quantitative estimate of drug-likeness (QED) is 0.782. The lowest BCUT2D eigenvalue weighted by Gasteiger charge is -2.34. The Morgan fingerprint density at radius 2 is 1.77 bits per heavy atom. The van der Waals surface area contributed by atoms with E-state index in [1.165, 1.54) is 17.0 Å². The zero-order valence-corrected chi connectivity index (χ0v) is 14.2. The summed E-state index contributed by atoms with van der Waals surface area (Å²) in [6.45, 7) is 3.45. The smallest absolute Gasteiger partial charge is 0.254 e. The van der Waals surface area contributed by atoms with Gasteiger partial charge in [-0.15, -0.1) is 0 Å². The molecule has 0 atom stereocenters. The molecule has 6 heteroatoms. The maximum atomic E-state index is 13.4. The van der Waals surface area contributed by atoms with Crippen LogP contribution in [0.1, 0.15) is 15.9 Å². The molecule has 1 fully saturated rings. The predicted molar refractivity (Wildman–Crippen MR) is 95.8 cm³/mol. The number of hydrogen-bond acceptors (Lipinski definition) is 2. The fourth-order valence-electron chi connectivity index (χ4n) is 3.42. The van der Waals surface area contributed by atoms with Crippen molar-refractivity contribution in [2.45, 2.75) is 6.54 Å². The third-order valence-corrected chi connectivity index (χ3v) is 4.89. The van der Waals surface area contributed by atoms with Crippen LogP contribution >= 0.6 is 0 Å². The minimum atomic E-state index is -0.992. The summed E-state index contributed by atoms with van der Waals surface area (Å²) in [4.78, 5) is 19.7. The molecule has 4 nitrogen and oxygen atoms in total. The molecule has 0 saturated carbocycles. The molecule has 0 radical (unpaired) electrons. The number of carbonyl (C=O) groups excluding carboxylic acids is 1. The van der Waals surface area contributed by atoms with Crippen molar-refractivity contribution < 1.29 is 13.6 Å². The van der Waals surface area contributed by atoms with Crippen LogP contribution in [0.3, 0.4) is 0 Å². The molecule has 0 unspecified atom stereocenters. The van der Waals surface area contributed by atoms with Gasteiger partial charge in [0.2, 0.25) is 0 Å². The zero-order valence-electron chi connectivity index (χ0n) is 14.2. The first kappa shape index (κ1) is 16.7. The maximum absolute atomic E-state index is 13.4. The van der Waals surface area contributed by atoms with E-state index < -0.39 is 11.6 Å².